The van der Waals surface area contributed by atoms with Crippen molar-refractivity contribution in [3.63, 3.8) is 0 Å². The molecule has 5 heteroatoms. The Morgan fingerprint density at radius 3 is 2.26 bits per heavy atom. The number of nitrogens with one attached hydrogen (secondary N) is 1. The molecule has 0 amide bonds. The smallest absolute Gasteiger partial charge is 0.178 e. The molecule has 1 aliphatic rings. The average molecular weight is 282 g/mol. The molecule has 19 heavy (non-hydrogen) atoms. The molecule has 1 N–H and O–H groups in total. The SMILES string of the molecule is CC1(C)C(n2c(=S)[nH]c3c(F)cc(F)cc32)C1(C)C. The van der Waals surface area contributed by atoms with Gasteiger partial charge in [0.2, 0.25) is 0 Å². The summed E-state index contributed by atoms with van der Waals surface area (Å²) in [6.07, 6.45) is 0. The molecule has 3 rings (SSSR count). The van der Waals surface area contributed by atoms with E-state index in [1.165, 1.54) is 6.07 Å². The number of aromatic nitrogens is 2. The Hall–Kier alpha value is -1.23. The van der Waals surface area contributed by atoms with E-state index < -0.39 is 11.6 Å². The standard InChI is InChI=1S/C14H16F2N2S/c1-13(2)11(14(13,3)4)18-9-6-7(15)5-8(16)10(9)17-12(18)19/h5-6,11H,1-4H3,(H,17,19). The molecule has 0 saturated heterocycles. The molecule has 2 aromatic rings. The van der Waals surface area contributed by atoms with Gasteiger partial charge in [0, 0.05) is 12.1 Å². The largest absolute Gasteiger partial charge is 0.328 e. The maximum Gasteiger partial charge on any atom is 0.178 e. The van der Waals surface area contributed by atoms with E-state index in [2.05, 4.69) is 32.7 Å². The predicted octanol–water partition coefficient (Wildman–Crippen LogP) is 4.58. The minimum Gasteiger partial charge on any atom is -0.328 e. The second-order valence-electron chi connectivity index (χ2n) is 6.43. The van der Waals surface area contributed by atoms with Crippen molar-refractivity contribution in [2.75, 3.05) is 0 Å². The summed E-state index contributed by atoms with van der Waals surface area (Å²) in [6.45, 7) is 8.59. The molecule has 0 bridgehead atoms. The molecule has 0 unspecified atom stereocenters. The van der Waals surface area contributed by atoms with E-state index in [1.807, 2.05) is 4.57 Å². The molecule has 2 nitrogen and oxygen atoms in total. The van der Waals surface area contributed by atoms with Crippen LogP contribution in [0.3, 0.4) is 0 Å². The van der Waals surface area contributed by atoms with Crippen LogP contribution in [0.15, 0.2) is 12.1 Å². The zero-order valence-electron chi connectivity index (χ0n) is 11.3. The van der Waals surface area contributed by atoms with Crippen molar-refractivity contribution in [2.24, 2.45) is 10.8 Å². The number of H-pyrrole nitrogens is 1. The topological polar surface area (TPSA) is 20.7 Å². The van der Waals surface area contributed by atoms with Crippen LogP contribution in [-0.4, -0.2) is 9.55 Å². The van der Waals surface area contributed by atoms with E-state index in [4.69, 9.17) is 12.2 Å². The number of imidazole rings is 1. The van der Waals surface area contributed by atoms with Gasteiger partial charge in [0.15, 0.2) is 10.6 Å². The maximum absolute atomic E-state index is 13.8. The Morgan fingerprint density at radius 2 is 1.74 bits per heavy atom. The Bertz CT molecular complexity index is 726. The molecule has 0 atom stereocenters. The third kappa shape index (κ3) is 1.48. The minimum atomic E-state index is -0.601. The molecule has 1 saturated carbocycles. The summed E-state index contributed by atoms with van der Waals surface area (Å²) in [5, 5.41) is 0. The van der Waals surface area contributed by atoms with Crippen molar-refractivity contribution in [1.82, 2.24) is 9.55 Å². The van der Waals surface area contributed by atoms with Crippen LogP contribution in [0.5, 0.6) is 0 Å². The molecule has 0 spiro atoms. The van der Waals surface area contributed by atoms with E-state index in [9.17, 15) is 8.78 Å². The first-order valence-corrected chi connectivity index (χ1v) is 6.68. The van der Waals surface area contributed by atoms with Gasteiger partial charge in [0.25, 0.3) is 0 Å². The highest BCUT2D eigenvalue weighted by Crippen LogP contribution is 2.71. The molecule has 0 radical (unpaired) electrons. The molecule has 1 aromatic carbocycles. The highest BCUT2D eigenvalue weighted by atomic mass is 32.1. The van der Waals surface area contributed by atoms with Crippen molar-refractivity contribution in [1.29, 1.82) is 0 Å². The highest BCUT2D eigenvalue weighted by Gasteiger charge is 2.66. The van der Waals surface area contributed by atoms with E-state index in [0.29, 0.717) is 10.3 Å². The molecule has 1 aromatic heterocycles. The number of halogens is 2. The van der Waals surface area contributed by atoms with Crippen molar-refractivity contribution >= 4 is 23.3 Å². The van der Waals surface area contributed by atoms with E-state index >= 15 is 0 Å². The zero-order valence-corrected chi connectivity index (χ0v) is 12.2. The Balaban J connectivity index is 2.32. The number of hydrogen-bond donors (Lipinski definition) is 1. The predicted molar refractivity (Wildman–Crippen MR) is 73.6 cm³/mol. The summed E-state index contributed by atoms with van der Waals surface area (Å²) in [5.41, 5.74) is 0.878. The van der Waals surface area contributed by atoms with Gasteiger partial charge in [-0.05, 0) is 29.1 Å². The van der Waals surface area contributed by atoms with Crippen LogP contribution < -0.4 is 0 Å². The van der Waals surface area contributed by atoms with Gasteiger partial charge in [-0.2, -0.15) is 0 Å². The van der Waals surface area contributed by atoms with Crippen LogP contribution in [0.1, 0.15) is 33.7 Å². The van der Waals surface area contributed by atoms with Gasteiger partial charge in [0.1, 0.15) is 11.3 Å². The molecule has 0 aliphatic heterocycles. The Kier molecular flexibility index (Phi) is 2.32. The number of fused-ring (bicyclic) bond motifs is 1. The highest BCUT2D eigenvalue weighted by molar-refractivity contribution is 7.71. The van der Waals surface area contributed by atoms with E-state index in [-0.39, 0.29) is 22.4 Å². The molecule has 1 heterocycles. The van der Waals surface area contributed by atoms with Crippen LogP contribution in [0, 0.1) is 27.2 Å². The van der Waals surface area contributed by atoms with Gasteiger partial charge in [0.05, 0.1) is 5.52 Å². The van der Waals surface area contributed by atoms with Gasteiger partial charge in [-0.3, -0.25) is 0 Å². The quantitative estimate of drug-likeness (QED) is 0.759. The summed E-state index contributed by atoms with van der Waals surface area (Å²) in [5.74, 6) is -1.18. The lowest BCUT2D eigenvalue weighted by molar-refractivity contribution is 0.457. The van der Waals surface area contributed by atoms with Gasteiger partial charge < -0.3 is 9.55 Å². The Labute approximate surface area is 115 Å². The van der Waals surface area contributed by atoms with E-state index in [0.717, 1.165) is 6.07 Å². The van der Waals surface area contributed by atoms with Crippen LogP contribution in [0.2, 0.25) is 0 Å². The van der Waals surface area contributed by atoms with Crippen LogP contribution in [0.25, 0.3) is 11.0 Å². The first kappa shape index (κ1) is 12.8. The summed E-state index contributed by atoms with van der Waals surface area (Å²) in [7, 11) is 0. The monoisotopic (exact) mass is 282 g/mol. The molecule has 102 valence electrons. The summed E-state index contributed by atoms with van der Waals surface area (Å²) in [4.78, 5) is 2.86. The number of rotatable bonds is 1. The van der Waals surface area contributed by atoms with Crippen molar-refractivity contribution in [3.05, 3.63) is 28.5 Å². The number of benzene rings is 1. The van der Waals surface area contributed by atoms with Crippen molar-refractivity contribution in [3.8, 4) is 0 Å². The number of nitrogens with zero attached hydrogens (tertiary/aromatic N) is 1. The first-order chi connectivity index (χ1) is 8.68. The average Bonchev–Trinajstić information content (AvgIpc) is 2.52. The zero-order chi connectivity index (χ0) is 14.2. The first-order valence-electron chi connectivity index (χ1n) is 6.27. The van der Waals surface area contributed by atoms with Crippen LogP contribution in [0.4, 0.5) is 8.78 Å². The van der Waals surface area contributed by atoms with Gasteiger partial charge in [-0.1, -0.05) is 27.7 Å². The second kappa shape index (κ2) is 3.45. The fourth-order valence-corrected chi connectivity index (χ4v) is 3.52. The van der Waals surface area contributed by atoms with Crippen LogP contribution in [-0.2, 0) is 0 Å². The second-order valence-corrected chi connectivity index (χ2v) is 6.81. The minimum absolute atomic E-state index is 0.0448. The summed E-state index contributed by atoms with van der Waals surface area (Å²) >= 11 is 5.30. The van der Waals surface area contributed by atoms with Gasteiger partial charge >= 0.3 is 0 Å². The Morgan fingerprint density at radius 1 is 1.16 bits per heavy atom. The third-order valence-corrected chi connectivity index (χ3v) is 5.25. The maximum atomic E-state index is 13.8. The van der Waals surface area contributed by atoms with Gasteiger partial charge in [-0.15, -0.1) is 0 Å². The lowest BCUT2D eigenvalue weighted by Crippen LogP contribution is -2.01. The molecular formula is C14H16F2N2S. The third-order valence-electron chi connectivity index (χ3n) is 4.95. The fourth-order valence-electron chi connectivity index (χ4n) is 3.21. The normalized spacial score (nSPS) is 20.9. The lowest BCUT2D eigenvalue weighted by atomic mass is 10.0. The van der Waals surface area contributed by atoms with E-state index in [1.54, 1.807) is 0 Å². The van der Waals surface area contributed by atoms with Gasteiger partial charge in [-0.25, -0.2) is 8.78 Å². The molecule has 1 aliphatic carbocycles. The van der Waals surface area contributed by atoms with Crippen molar-refractivity contribution in [2.45, 2.75) is 33.7 Å². The fraction of sp³-hybridized carbons (Fsp3) is 0.500. The summed E-state index contributed by atoms with van der Waals surface area (Å²) < 4.78 is 29.5. The number of aromatic amines is 1. The van der Waals surface area contributed by atoms with Crippen molar-refractivity contribution < 1.29 is 8.78 Å². The van der Waals surface area contributed by atoms with Crippen LogP contribution >= 0.6 is 12.2 Å². The molecule has 1 fully saturated rings. The summed E-state index contributed by atoms with van der Waals surface area (Å²) in [6, 6.07) is 2.36. The lowest BCUT2D eigenvalue weighted by Gasteiger charge is -2.06. The number of hydrogen-bond acceptors (Lipinski definition) is 1. The molecular weight excluding hydrogens is 266 g/mol.